The van der Waals surface area contributed by atoms with E-state index < -0.39 is 16.0 Å². The van der Waals surface area contributed by atoms with Crippen LogP contribution in [0.25, 0.3) is 0 Å². The highest BCUT2D eigenvalue weighted by Gasteiger charge is 2.30. The molecule has 1 aliphatic heterocycles. The van der Waals surface area contributed by atoms with Crippen LogP contribution in [0.5, 0.6) is 0 Å². The van der Waals surface area contributed by atoms with Crippen LogP contribution in [0.15, 0.2) is 24.3 Å². The molecule has 1 aliphatic rings. The molecular weight excluding hydrogens is 309 g/mol. The molecule has 0 saturated carbocycles. The van der Waals surface area contributed by atoms with Crippen LogP contribution in [0.1, 0.15) is 23.2 Å². The number of carbonyl (C=O) groups excluding carboxylic acids is 1. The van der Waals surface area contributed by atoms with Crippen LogP contribution < -0.4 is 5.32 Å². The Kier molecular flexibility index (Phi) is 5.15. The summed E-state index contributed by atoms with van der Waals surface area (Å²) >= 11 is 0. The quantitative estimate of drug-likeness (QED) is 0.889. The molecule has 0 bridgehead atoms. The van der Waals surface area contributed by atoms with E-state index in [1.807, 2.05) is 0 Å². The molecule has 1 amide bonds. The lowest BCUT2D eigenvalue weighted by molar-refractivity contribution is 0.0923. The van der Waals surface area contributed by atoms with E-state index in [0.717, 1.165) is 0 Å². The lowest BCUT2D eigenvalue weighted by atomic mass is 10.1. The zero-order chi connectivity index (χ0) is 16.3. The molecule has 0 radical (unpaired) electrons. The standard InChI is InChI=1S/C14H20FN3O3S/c1-17(2)22(20,21)18-9-7-13(8-10-18)16-14(19)11-3-5-12(15)6-4-11/h3-6,13H,7-10H2,1-2H3,(H,16,19). The molecule has 1 aromatic carbocycles. The smallest absolute Gasteiger partial charge is 0.281 e. The van der Waals surface area contributed by atoms with Crippen LogP contribution in [0.4, 0.5) is 4.39 Å². The molecule has 8 heteroatoms. The lowest BCUT2D eigenvalue weighted by Gasteiger charge is -2.33. The van der Waals surface area contributed by atoms with Gasteiger partial charge in [0.05, 0.1) is 0 Å². The molecule has 0 spiro atoms. The summed E-state index contributed by atoms with van der Waals surface area (Å²) in [6, 6.07) is 5.25. The molecule has 0 atom stereocenters. The lowest BCUT2D eigenvalue weighted by Crippen LogP contribution is -2.49. The van der Waals surface area contributed by atoms with Crippen molar-refractivity contribution in [2.24, 2.45) is 0 Å². The Bertz CT molecular complexity index is 623. The molecule has 1 heterocycles. The van der Waals surface area contributed by atoms with Crippen LogP contribution >= 0.6 is 0 Å². The molecule has 6 nitrogen and oxygen atoms in total. The summed E-state index contributed by atoms with van der Waals surface area (Å²) in [5.41, 5.74) is 0.393. The van der Waals surface area contributed by atoms with Gasteiger partial charge in [0.2, 0.25) is 0 Å². The molecule has 1 N–H and O–H groups in total. The van der Waals surface area contributed by atoms with Gasteiger partial charge in [-0.3, -0.25) is 4.79 Å². The predicted octanol–water partition coefficient (Wildman–Crippen LogP) is 0.826. The normalized spacial score (nSPS) is 17.6. The van der Waals surface area contributed by atoms with Gasteiger partial charge in [-0.15, -0.1) is 0 Å². The number of hydrogen-bond donors (Lipinski definition) is 1. The second-order valence-corrected chi connectivity index (χ2v) is 7.59. The number of amides is 1. The predicted molar refractivity (Wildman–Crippen MR) is 81.1 cm³/mol. The van der Waals surface area contributed by atoms with Gasteiger partial charge in [0.25, 0.3) is 16.1 Å². The van der Waals surface area contributed by atoms with E-state index in [1.165, 1.54) is 47.0 Å². The zero-order valence-corrected chi connectivity index (χ0v) is 13.4. The maximum atomic E-state index is 12.8. The number of piperidine rings is 1. The van der Waals surface area contributed by atoms with Crippen LogP contribution in [-0.4, -0.2) is 56.2 Å². The monoisotopic (exact) mass is 329 g/mol. The Morgan fingerprint density at radius 2 is 1.77 bits per heavy atom. The first-order valence-electron chi connectivity index (χ1n) is 7.05. The highest BCUT2D eigenvalue weighted by Crippen LogP contribution is 2.16. The van der Waals surface area contributed by atoms with Crippen molar-refractivity contribution in [3.05, 3.63) is 35.6 Å². The van der Waals surface area contributed by atoms with E-state index >= 15 is 0 Å². The third kappa shape index (κ3) is 3.82. The third-order valence-corrected chi connectivity index (χ3v) is 5.62. The number of halogens is 1. The average molecular weight is 329 g/mol. The fourth-order valence-electron chi connectivity index (χ4n) is 2.33. The van der Waals surface area contributed by atoms with Gasteiger partial charge < -0.3 is 5.32 Å². The summed E-state index contributed by atoms with van der Waals surface area (Å²) in [5, 5.41) is 2.86. The number of benzene rings is 1. The number of carbonyl (C=O) groups is 1. The van der Waals surface area contributed by atoms with Crippen LogP contribution in [-0.2, 0) is 10.2 Å². The Morgan fingerprint density at radius 3 is 2.27 bits per heavy atom. The van der Waals surface area contributed by atoms with Gasteiger partial charge in [0.1, 0.15) is 5.82 Å². The number of rotatable bonds is 4. The van der Waals surface area contributed by atoms with E-state index in [4.69, 9.17) is 0 Å². The fraction of sp³-hybridized carbons (Fsp3) is 0.500. The van der Waals surface area contributed by atoms with Crippen molar-refractivity contribution in [2.45, 2.75) is 18.9 Å². The van der Waals surface area contributed by atoms with Crippen molar-refractivity contribution in [3.8, 4) is 0 Å². The Morgan fingerprint density at radius 1 is 1.23 bits per heavy atom. The molecule has 0 aromatic heterocycles. The summed E-state index contributed by atoms with van der Waals surface area (Å²) in [6.07, 6.45) is 1.11. The maximum Gasteiger partial charge on any atom is 0.281 e. The van der Waals surface area contributed by atoms with Gasteiger partial charge in [-0.05, 0) is 37.1 Å². The summed E-state index contributed by atoms with van der Waals surface area (Å²) in [6.45, 7) is 0.740. The van der Waals surface area contributed by atoms with Crippen molar-refractivity contribution in [3.63, 3.8) is 0 Å². The molecule has 122 valence electrons. The van der Waals surface area contributed by atoms with Gasteiger partial charge in [0, 0.05) is 38.8 Å². The molecule has 22 heavy (non-hydrogen) atoms. The molecule has 2 rings (SSSR count). The van der Waals surface area contributed by atoms with E-state index in [-0.39, 0.29) is 11.9 Å². The molecule has 1 aromatic rings. The Balaban J connectivity index is 1.90. The van der Waals surface area contributed by atoms with Crippen LogP contribution in [0.2, 0.25) is 0 Å². The number of hydrogen-bond acceptors (Lipinski definition) is 3. The van der Waals surface area contributed by atoms with E-state index in [2.05, 4.69) is 5.32 Å². The Labute approximate surface area is 130 Å². The molecule has 1 saturated heterocycles. The van der Waals surface area contributed by atoms with Crippen LogP contribution in [0.3, 0.4) is 0 Å². The maximum absolute atomic E-state index is 12.8. The summed E-state index contributed by atoms with van der Waals surface area (Å²) in [5.74, 6) is -0.660. The van der Waals surface area contributed by atoms with Gasteiger partial charge in [-0.2, -0.15) is 17.0 Å². The first-order valence-corrected chi connectivity index (χ1v) is 8.44. The third-order valence-electron chi connectivity index (χ3n) is 3.68. The van der Waals surface area contributed by atoms with Gasteiger partial charge >= 0.3 is 0 Å². The largest absolute Gasteiger partial charge is 0.349 e. The van der Waals surface area contributed by atoms with Gasteiger partial charge in [0.15, 0.2) is 0 Å². The summed E-state index contributed by atoms with van der Waals surface area (Å²) < 4.78 is 39.4. The van der Waals surface area contributed by atoms with Crippen molar-refractivity contribution in [1.82, 2.24) is 13.9 Å². The van der Waals surface area contributed by atoms with E-state index in [1.54, 1.807) is 0 Å². The summed E-state index contributed by atoms with van der Waals surface area (Å²) in [7, 11) is -0.401. The van der Waals surface area contributed by atoms with Crippen molar-refractivity contribution in [2.75, 3.05) is 27.2 Å². The zero-order valence-electron chi connectivity index (χ0n) is 12.6. The molecule has 0 aliphatic carbocycles. The van der Waals surface area contributed by atoms with Crippen molar-refractivity contribution in [1.29, 1.82) is 0 Å². The Hall–Kier alpha value is -1.51. The first kappa shape index (κ1) is 16.9. The summed E-state index contributed by atoms with van der Waals surface area (Å²) in [4.78, 5) is 12.0. The minimum Gasteiger partial charge on any atom is -0.349 e. The van der Waals surface area contributed by atoms with Crippen molar-refractivity contribution < 1.29 is 17.6 Å². The minimum atomic E-state index is -3.40. The van der Waals surface area contributed by atoms with Gasteiger partial charge in [-0.25, -0.2) is 4.39 Å². The second kappa shape index (κ2) is 6.72. The average Bonchev–Trinajstić information content (AvgIpc) is 2.48. The van der Waals surface area contributed by atoms with Gasteiger partial charge in [-0.1, -0.05) is 0 Å². The minimum absolute atomic E-state index is 0.0776. The number of nitrogens with one attached hydrogen (secondary N) is 1. The molecule has 0 unspecified atom stereocenters. The van der Waals surface area contributed by atoms with E-state index in [9.17, 15) is 17.6 Å². The van der Waals surface area contributed by atoms with E-state index in [0.29, 0.717) is 31.5 Å². The van der Waals surface area contributed by atoms with Crippen molar-refractivity contribution >= 4 is 16.1 Å². The number of nitrogens with zero attached hydrogens (tertiary/aromatic N) is 2. The molecular formula is C14H20FN3O3S. The van der Waals surface area contributed by atoms with Crippen LogP contribution in [0, 0.1) is 5.82 Å². The SMILES string of the molecule is CN(C)S(=O)(=O)N1CCC(NC(=O)c2ccc(F)cc2)CC1. The second-order valence-electron chi connectivity index (χ2n) is 5.44. The highest BCUT2D eigenvalue weighted by atomic mass is 32.2. The first-order chi connectivity index (χ1) is 10.3. The highest BCUT2D eigenvalue weighted by molar-refractivity contribution is 7.86. The fourth-order valence-corrected chi connectivity index (χ4v) is 3.47. The molecule has 1 fully saturated rings. The topological polar surface area (TPSA) is 69.7 Å².